The van der Waals surface area contributed by atoms with Crippen molar-refractivity contribution in [1.82, 2.24) is 9.97 Å². The van der Waals surface area contributed by atoms with E-state index in [1.54, 1.807) is 12.1 Å². The van der Waals surface area contributed by atoms with Crippen molar-refractivity contribution in [2.45, 2.75) is 24.8 Å². The van der Waals surface area contributed by atoms with Crippen molar-refractivity contribution in [3.8, 4) is 0 Å². The molecule has 0 saturated heterocycles. The second-order valence-corrected chi connectivity index (χ2v) is 4.97. The summed E-state index contributed by atoms with van der Waals surface area (Å²) in [5.41, 5.74) is 8.54. The number of nitrogens with zero attached hydrogens (tertiary/aromatic N) is 2. The molecule has 0 aliphatic rings. The van der Waals surface area contributed by atoms with Crippen molar-refractivity contribution < 1.29 is 4.39 Å². The molecule has 0 amide bonds. The van der Waals surface area contributed by atoms with E-state index in [1.807, 2.05) is 19.9 Å². The standard InChI is InChI=1S/C13H14FN3S/c1-8-6-9(2)17-13(16-8)18-7-10-11(14)4-3-5-12(10)15/h3-6H,7,15H2,1-2H3. The van der Waals surface area contributed by atoms with Gasteiger partial charge in [-0.25, -0.2) is 14.4 Å². The molecule has 0 saturated carbocycles. The van der Waals surface area contributed by atoms with Crippen molar-refractivity contribution in [3.63, 3.8) is 0 Å². The molecule has 3 nitrogen and oxygen atoms in total. The minimum absolute atomic E-state index is 0.285. The molecule has 5 heteroatoms. The summed E-state index contributed by atoms with van der Waals surface area (Å²) in [4.78, 5) is 8.59. The highest BCUT2D eigenvalue weighted by Crippen LogP contribution is 2.25. The molecule has 1 heterocycles. The molecule has 0 atom stereocenters. The van der Waals surface area contributed by atoms with Gasteiger partial charge in [-0.15, -0.1) is 0 Å². The van der Waals surface area contributed by atoms with Gasteiger partial charge in [0.1, 0.15) is 5.82 Å². The number of nitrogen functional groups attached to an aromatic ring is 1. The first-order chi connectivity index (χ1) is 8.56. The van der Waals surface area contributed by atoms with Crippen LogP contribution in [0.4, 0.5) is 10.1 Å². The first kappa shape index (κ1) is 12.8. The zero-order chi connectivity index (χ0) is 13.1. The predicted octanol–water partition coefficient (Wildman–Crippen LogP) is 3.11. The van der Waals surface area contributed by atoms with Crippen molar-refractivity contribution in [3.05, 3.63) is 47.0 Å². The van der Waals surface area contributed by atoms with Crippen LogP contribution >= 0.6 is 11.8 Å². The molecule has 0 fully saturated rings. The lowest BCUT2D eigenvalue weighted by molar-refractivity contribution is 0.618. The summed E-state index contributed by atoms with van der Waals surface area (Å²) in [5, 5.41) is 0.648. The second kappa shape index (κ2) is 5.35. The van der Waals surface area contributed by atoms with Crippen LogP contribution in [0.3, 0.4) is 0 Å². The molecule has 2 N–H and O–H groups in total. The van der Waals surface area contributed by atoms with E-state index in [0.29, 0.717) is 22.2 Å². The Balaban J connectivity index is 2.16. The third-order valence-corrected chi connectivity index (χ3v) is 3.34. The van der Waals surface area contributed by atoms with E-state index in [1.165, 1.54) is 17.8 Å². The average Bonchev–Trinajstić information content (AvgIpc) is 2.27. The summed E-state index contributed by atoms with van der Waals surface area (Å²) in [6, 6.07) is 6.61. The van der Waals surface area contributed by atoms with Gasteiger partial charge in [0, 0.05) is 28.4 Å². The molecule has 0 spiro atoms. The van der Waals surface area contributed by atoms with Gasteiger partial charge in [0.2, 0.25) is 0 Å². The van der Waals surface area contributed by atoms with E-state index < -0.39 is 0 Å². The van der Waals surface area contributed by atoms with Crippen LogP contribution in [0, 0.1) is 19.7 Å². The minimum Gasteiger partial charge on any atom is -0.398 e. The summed E-state index contributed by atoms with van der Waals surface area (Å²) in [6.45, 7) is 3.83. The van der Waals surface area contributed by atoms with Crippen LogP contribution < -0.4 is 5.73 Å². The molecule has 0 aliphatic carbocycles. The van der Waals surface area contributed by atoms with Crippen molar-refractivity contribution >= 4 is 17.4 Å². The lowest BCUT2D eigenvalue weighted by Crippen LogP contribution is -1.98. The largest absolute Gasteiger partial charge is 0.398 e. The fourth-order valence-electron chi connectivity index (χ4n) is 1.62. The molecule has 94 valence electrons. The van der Waals surface area contributed by atoms with Crippen LogP contribution in [0.2, 0.25) is 0 Å². The molecule has 0 radical (unpaired) electrons. The molecule has 1 aromatic carbocycles. The average molecular weight is 263 g/mol. The number of anilines is 1. The summed E-state index contributed by atoms with van der Waals surface area (Å²) in [6.07, 6.45) is 0. The quantitative estimate of drug-likeness (QED) is 0.525. The smallest absolute Gasteiger partial charge is 0.188 e. The molecule has 18 heavy (non-hydrogen) atoms. The number of nitrogens with two attached hydrogens (primary N) is 1. The molecule has 0 unspecified atom stereocenters. The zero-order valence-corrected chi connectivity index (χ0v) is 11.1. The van der Waals surface area contributed by atoms with E-state index >= 15 is 0 Å². The number of hydrogen-bond acceptors (Lipinski definition) is 4. The van der Waals surface area contributed by atoms with Crippen LogP contribution in [0.1, 0.15) is 17.0 Å². The lowest BCUT2D eigenvalue weighted by Gasteiger charge is -2.06. The monoisotopic (exact) mass is 263 g/mol. The van der Waals surface area contributed by atoms with Gasteiger partial charge in [-0.2, -0.15) is 0 Å². The molecule has 2 rings (SSSR count). The number of aromatic nitrogens is 2. The van der Waals surface area contributed by atoms with Gasteiger partial charge < -0.3 is 5.73 Å². The first-order valence-corrected chi connectivity index (χ1v) is 6.53. The number of benzene rings is 1. The molecule has 1 aromatic heterocycles. The van der Waals surface area contributed by atoms with Gasteiger partial charge in [-0.05, 0) is 32.0 Å². The highest BCUT2D eigenvalue weighted by Gasteiger charge is 2.08. The van der Waals surface area contributed by atoms with E-state index in [9.17, 15) is 4.39 Å². The van der Waals surface area contributed by atoms with Gasteiger partial charge in [-0.3, -0.25) is 0 Å². The summed E-state index contributed by atoms with van der Waals surface area (Å²) in [5.74, 6) is 0.147. The molecular formula is C13H14FN3S. The normalized spacial score (nSPS) is 10.6. The van der Waals surface area contributed by atoms with Crippen LogP contribution in [-0.4, -0.2) is 9.97 Å². The Kier molecular flexibility index (Phi) is 3.81. The van der Waals surface area contributed by atoms with Gasteiger partial charge in [0.25, 0.3) is 0 Å². The van der Waals surface area contributed by atoms with E-state index in [-0.39, 0.29) is 5.82 Å². The van der Waals surface area contributed by atoms with E-state index in [2.05, 4.69) is 9.97 Å². The Morgan fingerprint density at radius 3 is 2.50 bits per heavy atom. The van der Waals surface area contributed by atoms with Crippen molar-refractivity contribution in [2.75, 3.05) is 5.73 Å². The number of thioether (sulfide) groups is 1. The Morgan fingerprint density at radius 1 is 1.22 bits per heavy atom. The Labute approximate surface area is 110 Å². The highest BCUT2D eigenvalue weighted by molar-refractivity contribution is 7.98. The van der Waals surface area contributed by atoms with Crippen LogP contribution in [0.5, 0.6) is 0 Å². The number of hydrogen-bond donors (Lipinski definition) is 1. The number of halogens is 1. The predicted molar refractivity (Wildman–Crippen MR) is 71.9 cm³/mol. The van der Waals surface area contributed by atoms with E-state index in [4.69, 9.17) is 5.73 Å². The second-order valence-electron chi connectivity index (χ2n) is 4.03. The topological polar surface area (TPSA) is 51.8 Å². The van der Waals surface area contributed by atoms with Crippen LogP contribution in [-0.2, 0) is 5.75 Å². The van der Waals surface area contributed by atoms with Crippen molar-refractivity contribution in [1.29, 1.82) is 0 Å². The maximum atomic E-state index is 13.6. The zero-order valence-electron chi connectivity index (χ0n) is 10.3. The van der Waals surface area contributed by atoms with Gasteiger partial charge in [-0.1, -0.05) is 17.8 Å². The molecule has 0 aliphatic heterocycles. The third-order valence-electron chi connectivity index (χ3n) is 2.46. The summed E-state index contributed by atoms with van der Waals surface area (Å²) in [7, 11) is 0. The molecule has 2 aromatic rings. The number of aryl methyl sites for hydroxylation is 2. The SMILES string of the molecule is Cc1cc(C)nc(SCc2c(N)cccc2F)n1. The Morgan fingerprint density at radius 2 is 1.89 bits per heavy atom. The molecule has 0 bridgehead atoms. The fourth-order valence-corrected chi connectivity index (χ4v) is 2.62. The summed E-state index contributed by atoms with van der Waals surface area (Å²) >= 11 is 1.39. The third kappa shape index (κ3) is 2.98. The van der Waals surface area contributed by atoms with Gasteiger partial charge in [0.05, 0.1) is 0 Å². The van der Waals surface area contributed by atoms with Gasteiger partial charge in [0.15, 0.2) is 5.16 Å². The fraction of sp³-hybridized carbons (Fsp3) is 0.231. The highest BCUT2D eigenvalue weighted by atomic mass is 32.2. The summed E-state index contributed by atoms with van der Waals surface area (Å²) < 4.78 is 13.6. The lowest BCUT2D eigenvalue weighted by atomic mass is 10.2. The first-order valence-electron chi connectivity index (χ1n) is 5.54. The number of rotatable bonds is 3. The Bertz CT molecular complexity index is 532. The van der Waals surface area contributed by atoms with E-state index in [0.717, 1.165) is 11.4 Å². The minimum atomic E-state index is -0.285. The maximum absolute atomic E-state index is 13.6. The Hall–Kier alpha value is -1.62. The molecular weight excluding hydrogens is 249 g/mol. The van der Waals surface area contributed by atoms with Crippen LogP contribution in [0.25, 0.3) is 0 Å². The van der Waals surface area contributed by atoms with Gasteiger partial charge >= 0.3 is 0 Å². The van der Waals surface area contributed by atoms with Crippen LogP contribution in [0.15, 0.2) is 29.4 Å². The van der Waals surface area contributed by atoms with Crippen molar-refractivity contribution in [2.24, 2.45) is 0 Å². The maximum Gasteiger partial charge on any atom is 0.188 e.